The summed E-state index contributed by atoms with van der Waals surface area (Å²) in [4.78, 5) is 11.4. The molecule has 0 bridgehead atoms. The molecule has 0 saturated carbocycles. The fourth-order valence-corrected chi connectivity index (χ4v) is 1.50. The maximum absolute atomic E-state index is 11.4. The SMILES string of the molecule is CC[C@@H](O)COc1ccc2c(=O)occc2c1. The lowest BCUT2D eigenvalue weighted by Gasteiger charge is -2.10. The molecule has 1 aromatic heterocycles. The topological polar surface area (TPSA) is 59.7 Å². The molecule has 0 aliphatic heterocycles. The van der Waals surface area contributed by atoms with Crippen LogP contribution in [-0.2, 0) is 0 Å². The summed E-state index contributed by atoms with van der Waals surface area (Å²) in [5.41, 5.74) is -0.359. The molecule has 1 N–H and O–H groups in total. The molecule has 17 heavy (non-hydrogen) atoms. The van der Waals surface area contributed by atoms with Gasteiger partial charge in [0.1, 0.15) is 12.4 Å². The van der Waals surface area contributed by atoms with Gasteiger partial charge in [0.2, 0.25) is 0 Å². The highest BCUT2D eigenvalue weighted by molar-refractivity contribution is 5.82. The maximum Gasteiger partial charge on any atom is 0.343 e. The standard InChI is InChI=1S/C13H14O4/c1-2-10(14)8-17-11-3-4-12-9(7-11)5-6-16-13(12)15/h3-7,10,14H,2,8H2,1H3/t10-/m1/s1. The zero-order valence-corrected chi connectivity index (χ0v) is 9.55. The smallest absolute Gasteiger partial charge is 0.343 e. The average Bonchev–Trinajstić information content (AvgIpc) is 2.36. The Labute approximate surface area is 98.4 Å². The minimum atomic E-state index is -0.466. The van der Waals surface area contributed by atoms with Gasteiger partial charge in [0.15, 0.2) is 0 Å². The van der Waals surface area contributed by atoms with Crippen LogP contribution in [0.1, 0.15) is 13.3 Å². The molecule has 2 rings (SSSR count). The van der Waals surface area contributed by atoms with Gasteiger partial charge in [0.25, 0.3) is 0 Å². The van der Waals surface area contributed by atoms with Crippen LogP contribution in [0.3, 0.4) is 0 Å². The number of hydrogen-bond acceptors (Lipinski definition) is 4. The van der Waals surface area contributed by atoms with E-state index >= 15 is 0 Å². The van der Waals surface area contributed by atoms with Crippen molar-refractivity contribution in [1.82, 2.24) is 0 Å². The van der Waals surface area contributed by atoms with Crippen molar-refractivity contribution >= 4 is 10.8 Å². The van der Waals surface area contributed by atoms with Crippen molar-refractivity contribution in [1.29, 1.82) is 0 Å². The Bertz CT molecular complexity index is 559. The Kier molecular flexibility index (Phi) is 3.44. The summed E-state index contributed by atoms with van der Waals surface area (Å²) >= 11 is 0. The summed E-state index contributed by atoms with van der Waals surface area (Å²) in [5.74, 6) is 0.635. The van der Waals surface area contributed by atoms with E-state index in [0.717, 1.165) is 5.39 Å². The van der Waals surface area contributed by atoms with E-state index in [1.165, 1.54) is 6.26 Å². The molecule has 0 unspecified atom stereocenters. The molecule has 1 aromatic carbocycles. The van der Waals surface area contributed by atoms with Gasteiger partial charge < -0.3 is 14.3 Å². The Morgan fingerprint density at radius 1 is 1.41 bits per heavy atom. The second kappa shape index (κ2) is 5.01. The number of ether oxygens (including phenoxy) is 1. The van der Waals surface area contributed by atoms with Crippen molar-refractivity contribution in [3.8, 4) is 5.75 Å². The van der Waals surface area contributed by atoms with Crippen LogP contribution in [0.2, 0.25) is 0 Å². The van der Waals surface area contributed by atoms with Crippen LogP contribution in [0.5, 0.6) is 5.75 Å². The van der Waals surface area contributed by atoms with Gasteiger partial charge in [-0.2, -0.15) is 0 Å². The van der Waals surface area contributed by atoms with Gasteiger partial charge >= 0.3 is 5.63 Å². The molecule has 0 amide bonds. The lowest BCUT2D eigenvalue weighted by atomic mass is 10.2. The third kappa shape index (κ3) is 2.65. The Morgan fingerprint density at radius 3 is 3.00 bits per heavy atom. The molecule has 1 atom stereocenters. The Morgan fingerprint density at radius 2 is 2.24 bits per heavy atom. The third-order valence-electron chi connectivity index (χ3n) is 2.58. The fraction of sp³-hybridized carbons (Fsp3) is 0.308. The minimum absolute atomic E-state index is 0.253. The summed E-state index contributed by atoms with van der Waals surface area (Å²) in [7, 11) is 0. The van der Waals surface area contributed by atoms with Crippen LogP contribution in [0.15, 0.2) is 39.7 Å². The molecule has 0 aliphatic rings. The molecule has 0 aliphatic carbocycles. The zero-order valence-electron chi connectivity index (χ0n) is 9.55. The third-order valence-corrected chi connectivity index (χ3v) is 2.58. The van der Waals surface area contributed by atoms with Crippen molar-refractivity contribution in [3.05, 3.63) is 40.9 Å². The van der Waals surface area contributed by atoms with E-state index in [9.17, 15) is 9.90 Å². The van der Waals surface area contributed by atoms with Crippen molar-refractivity contribution in [3.63, 3.8) is 0 Å². The predicted molar refractivity (Wildman–Crippen MR) is 64.3 cm³/mol. The second-order valence-corrected chi connectivity index (χ2v) is 3.83. The van der Waals surface area contributed by atoms with Gasteiger partial charge in [-0.25, -0.2) is 4.79 Å². The molecule has 90 valence electrons. The molecule has 0 saturated heterocycles. The normalized spacial score (nSPS) is 12.6. The van der Waals surface area contributed by atoms with Crippen LogP contribution in [0.25, 0.3) is 10.8 Å². The van der Waals surface area contributed by atoms with E-state index in [-0.39, 0.29) is 12.2 Å². The molecule has 0 fully saturated rings. The second-order valence-electron chi connectivity index (χ2n) is 3.83. The summed E-state index contributed by atoms with van der Waals surface area (Å²) < 4.78 is 10.2. The summed E-state index contributed by atoms with van der Waals surface area (Å²) in [6, 6.07) is 6.82. The molecular formula is C13H14O4. The molecular weight excluding hydrogens is 220 g/mol. The van der Waals surface area contributed by atoms with Gasteiger partial charge in [0.05, 0.1) is 17.8 Å². The van der Waals surface area contributed by atoms with E-state index in [0.29, 0.717) is 17.6 Å². The molecule has 0 spiro atoms. The van der Waals surface area contributed by atoms with Crippen molar-refractivity contribution < 1.29 is 14.3 Å². The quantitative estimate of drug-likeness (QED) is 0.878. The number of fused-ring (bicyclic) bond motifs is 1. The highest BCUT2D eigenvalue weighted by Crippen LogP contribution is 2.18. The van der Waals surface area contributed by atoms with E-state index in [1.54, 1.807) is 24.3 Å². The number of rotatable bonds is 4. The first-order valence-electron chi connectivity index (χ1n) is 5.53. The largest absolute Gasteiger partial charge is 0.491 e. The highest BCUT2D eigenvalue weighted by atomic mass is 16.5. The monoisotopic (exact) mass is 234 g/mol. The van der Waals surface area contributed by atoms with Crippen molar-refractivity contribution in [2.75, 3.05) is 6.61 Å². The van der Waals surface area contributed by atoms with Gasteiger partial charge in [-0.3, -0.25) is 0 Å². The van der Waals surface area contributed by atoms with Gasteiger partial charge in [-0.1, -0.05) is 6.92 Å². The number of aliphatic hydroxyl groups excluding tert-OH is 1. The first kappa shape index (κ1) is 11.7. The Balaban J connectivity index is 2.23. The zero-order chi connectivity index (χ0) is 12.3. The van der Waals surface area contributed by atoms with Crippen molar-refractivity contribution in [2.45, 2.75) is 19.4 Å². The van der Waals surface area contributed by atoms with Crippen LogP contribution in [0, 0.1) is 0 Å². The average molecular weight is 234 g/mol. The highest BCUT2D eigenvalue weighted by Gasteiger charge is 2.04. The molecule has 4 heteroatoms. The number of benzene rings is 1. The van der Waals surface area contributed by atoms with E-state index in [1.807, 2.05) is 6.92 Å². The summed E-state index contributed by atoms with van der Waals surface area (Å²) in [5, 5.41) is 10.7. The Hall–Kier alpha value is -1.81. The molecule has 2 aromatic rings. The lowest BCUT2D eigenvalue weighted by Crippen LogP contribution is -2.15. The summed E-state index contributed by atoms with van der Waals surface area (Å²) in [6.07, 6.45) is 1.54. The van der Waals surface area contributed by atoms with Gasteiger partial charge in [-0.15, -0.1) is 0 Å². The van der Waals surface area contributed by atoms with Crippen LogP contribution in [-0.4, -0.2) is 17.8 Å². The molecule has 4 nitrogen and oxygen atoms in total. The van der Waals surface area contributed by atoms with Crippen molar-refractivity contribution in [2.24, 2.45) is 0 Å². The van der Waals surface area contributed by atoms with Crippen LogP contribution in [0.4, 0.5) is 0 Å². The van der Waals surface area contributed by atoms with Gasteiger partial charge in [0, 0.05) is 0 Å². The first-order valence-corrected chi connectivity index (χ1v) is 5.53. The van der Waals surface area contributed by atoms with Gasteiger partial charge in [-0.05, 0) is 36.1 Å². The van der Waals surface area contributed by atoms with Crippen LogP contribution >= 0.6 is 0 Å². The molecule has 1 heterocycles. The maximum atomic E-state index is 11.4. The summed E-state index contributed by atoms with van der Waals surface area (Å²) in [6.45, 7) is 2.14. The predicted octanol–water partition coefficient (Wildman–Crippen LogP) is 1.94. The van der Waals surface area contributed by atoms with E-state index < -0.39 is 6.10 Å². The number of aliphatic hydroxyl groups is 1. The van der Waals surface area contributed by atoms with Crippen LogP contribution < -0.4 is 10.4 Å². The lowest BCUT2D eigenvalue weighted by molar-refractivity contribution is 0.104. The van der Waals surface area contributed by atoms with E-state index in [4.69, 9.17) is 9.15 Å². The molecule has 0 radical (unpaired) electrons. The fourth-order valence-electron chi connectivity index (χ4n) is 1.50. The number of hydrogen-bond donors (Lipinski definition) is 1. The minimum Gasteiger partial charge on any atom is -0.491 e. The first-order chi connectivity index (χ1) is 8.20. The van der Waals surface area contributed by atoms with E-state index in [2.05, 4.69) is 0 Å².